The molecular weight excluding hydrogens is 180 g/mol. The molecule has 2 heterocycles. The predicted octanol–water partition coefficient (Wildman–Crippen LogP) is 1.49. The first-order valence-corrected chi connectivity index (χ1v) is 4.52. The Hall–Kier alpha value is -1.13. The van der Waals surface area contributed by atoms with Crippen molar-refractivity contribution in [1.82, 2.24) is 4.98 Å². The van der Waals surface area contributed by atoms with Crippen molar-refractivity contribution < 1.29 is 10.8 Å². The van der Waals surface area contributed by atoms with Gasteiger partial charge in [-0.3, -0.25) is 4.98 Å². The molecule has 1 saturated heterocycles. The molecule has 4 nitrogen and oxygen atoms in total. The predicted molar refractivity (Wildman–Crippen MR) is 52.5 cm³/mol. The molecule has 1 atom stereocenters. The lowest BCUT2D eigenvalue weighted by molar-refractivity contribution is -0.139. The number of pyridine rings is 1. The maximum atomic E-state index is 7.56. The molecule has 14 heavy (non-hydrogen) atoms. The van der Waals surface area contributed by atoms with Gasteiger partial charge >= 0.3 is 0 Å². The van der Waals surface area contributed by atoms with Gasteiger partial charge in [-0.05, 0) is 26.0 Å². The van der Waals surface area contributed by atoms with Crippen molar-refractivity contribution in [3.05, 3.63) is 24.0 Å². The van der Waals surface area contributed by atoms with Gasteiger partial charge in [-0.1, -0.05) is 0 Å². The van der Waals surface area contributed by atoms with Crippen LogP contribution in [0.5, 0.6) is 0 Å². The van der Waals surface area contributed by atoms with Crippen LogP contribution in [0.1, 0.15) is 27.0 Å². The van der Waals surface area contributed by atoms with E-state index < -0.39 is 5.79 Å². The monoisotopic (exact) mass is 195 g/mol. The Labute approximate surface area is 84.4 Å². The summed E-state index contributed by atoms with van der Waals surface area (Å²) in [4.78, 5) is 4.14. The number of rotatable bonds is 1. The van der Waals surface area contributed by atoms with Crippen LogP contribution in [0.25, 0.3) is 0 Å². The second-order valence-electron chi connectivity index (χ2n) is 3.74. The SMILES string of the molecule is [2H]c1cc([C@@H]2COC(C)(C)O2)ncc1N. The molecule has 1 fully saturated rings. The number of nitrogen functional groups attached to an aromatic ring is 1. The summed E-state index contributed by atoms with van der Waals surface area (Å²) in [7, 11) is 0. The molecule has 0 radical (unpaired) electrons. The lowest BCUT2D eigenvalue weighted by atomic mass is 10.2. The van der Waals surface area contributed by atoms with Gasteiger partial charge in [0.1, 0.15) is 6.10 Å². The van der Waals surface area contributed by atoms with E-state index in [1.807, 2.05) is 13.8 Å². The number of anilines is 1. The van der Waals surface area contributed by atoms with Crippen LogP contribution in [0.15, 0.2) is 18.3 Å². The van der Waals surface area contributed by atoms with Crippen LogP contribution in [0, 0.1) is 0 Å². The maximum Gasteiger partial charge on any atom is 0.163 e. The third-order valence-electron chi connectivity index (χ3n) is 2.08. The largest absolute Gasteiger partial charge is 0.397 e. The fraction of sp³-hybridized carbons (Fsp3) is 0.500. The zero-order valence-corrected chi connectivity index (χ0v) is 8.28. The minimum absolute atomic E-state index is 0.204. The third-order valence-corrected chi connectivity index (χ3v) is 2.08. The number of hydrogen-bond acceptors (Lipinski definition) is 4. The smallest absolute Gasteiger partial charge is 0.163 e. The van der Waals surface area contributed by atoms with Crippen molar-refractivity contribution in [2.75, 3.05) is 12.3 Å². The van der Waals surface area contributed by atoms with Crippen LogP contribution in [0.4, 0.5) is 5.69 Å². The molecule has 0 unspecified atom stereocenters. The molecule has 0 aromatic carbocycles. The fourth-order valence-electron chi connectivity index (χ4n) is 1.38. The summed E-state index contributed by atoms with van der Waals surface area (Å²) < 4.78 is 18.6. The van der Waals surface area contributed by atoms with E-state index in [-0.39, 0.29) is 12.1 Å². The van der Waals surface area contributed by atoms with Gasteiger partial charge in [0.2, 0.25) is 0 Å². The molecule has 2 N–H and O–H groups in total. The quantitative estimate of drug-likeness (QED) is 0.737. The Morgan fingerprint density at radius 1 is 1.71 bits per heavy atom. The van der Waals surface area contributed by atoms with Gasteiger partial charge in [-0.15, -0.1) is 0 Å². The van der Waals surface area contributed by atoms with Gasteiger partial charge in [-0.25, -0.2) is 0 Å². The van der Waals surface area contributed by atoms with E-state index in [4.69, 9.17) is 16.6 Å². The molecule has 0 aliphatic carbocycles. The van der Waals surface area contributed by atoms with E-state index in [1.165, 1.54) is 6.20 Å². The minimum Gasteiger partial charge on any atom is -0.397 e. The van der Waals surface area contributed by atoms with Crippen molar-refractivity contribution in [3.8, 4) is 0 Å². The van der Waals surface area contributed by atoms with Gasteiger partial charge in [-0.2, -0.15) is 0 Å². The van der Waals surface area contributed by atoms with E-state index in [9.17, 15) is 0 Å². The van der Waals surface area contributed by atoms with Crippen molar-refractivity contribution in [3.63, 3.8) is 0 Å². The highest BCUT2D eigenvalue weighted by Crippen LogP contribution is 2.31. The number of nitrogens with two attached hydrogens (primary N) is 1. The number of ether oxygens (including phenoxy) is 2. The van der Waals surface area contributed by atoms with E-state index in [1.54, 1.807) is 6.07 Å². The topological polar surface area (TPSA) is 57.4 Å². The Balaban J connectivity index is 2.21. The van der Waals surface area contributed by atoms with E-state index in [2.05, 4.69) is 4.98 Å². The van der Waals surface area contributed by atoms with Crippen LogP contribution in [-0.4, -0.2) is 17.4 Å². The normalized spacial score (nSPS) is 26.1. The van der Waals surface area contributed by atoms with Crippen LogP contribution in [0.3, 0.4) is 0 Å². The summed E-state index contributed by atoms with van der Waals surface area (Å²) in [5, 5.41) is 0. The molecule has 0 spiro atoms. The number of nitrogens with zero attached hydrogens (tertiary/aromatic N) is 1. The van der Waals surface area contributed by atoms with Crippen molar-refractivity contribution in [2.45, 2.75) is 25.7 Å². The van der Waals surface area contributed by atoms with Gasteiger partial charge in [0.25, 0.3) is 0 Å². The van der Waals surface area contributed by atoms with Gasteiger partial charge in [0.15, 0.2) is 5.79 Å². The van der Waals surface area contributed by atoms with Crippen LogP contribution >= 0.6 is 0 Å². The Morgan fingerprint density at radius 2 is 2.50 bits per heavy atom. The highest BCUT2D eigenvalue weighted by Gasteiger charge is 2.34. The zero-order valence-electron chi connectivity index (χ0n) is 9.28. The molecule has 1 aromatic heterocycles. The standard InChI is InChI=1S/C10H14N2O2/c1-10(2)13-6-9(14-10)8-4-3-7(11)5-12-8/h3-5,9H,6,11H2,1-2H3/t9-/m0/s1/i3D. The van der Waals surface area contributed by atoms with E-state index in [0.29, 0.717) is 18.0 Å². The molecule has 2 rings (SSSR count). The Morgan fingerprint density at radius 3 is 3.07 bits per heavy atom. The summed E-state index contributed by atoms with van der Waals surface area (Å²) in [6.45, 7) is 4.17. The fourth-order valence-corrected chi connectivity index (χ4v) is 1.38. The Kier molecular flexibility index (Phi) is 1.89. The van der Waals surface area contributed by atoms with Crippen LogP contribution < -0.4 is 5.73 Å². The van der Waals surface area contributed by atoms with Gasteiger partial charge in [0, 0.05) is 0 Å². The molecule has 1 aliphatic rings. The maximum absolute atomic E-state index is 7.56. The molecule has 1 aromatic rings. The summed E-state index contributed by atoms with van der Waals surface area (Å²) in [5.41, 5.74) is 6.59. The van der Waals surface area contributed by atoms with Gasteiger partial charge in [0.05, 0.1) is 25.6 Å². The average molecular weight is 195 g/mol. The molecule has 0 amide bonds. The first-order chi connectivity index (χ1) is 6.98. The molecule has 0 saturated carbocycles. The van der Waals surface area contributed by atoms with E-state index >= 15 is 0 Å². The first kappa shape index (κ1) is 8.20. The second-order valence-corrected chi connectivity index (χ2v) is 3.74. The van der Waals surface area contributed by atoms with Gasteiger partial charge < -0.3 is 15.2 Å². The lowest BCUT2D eigenvalue weighted by Crippen LogP contribution is -2.19. The third kappa shape index (κ3) is 1.86. The lowest BCUT2D eigenvalue weighted by Gasteiger charge is -2.16. The molecule has 1 aliphatic heterocycles. The molecular formula is C10H14N2O2. The highest BCUT2D eigenvalue weighted by molar-refractivity contribution is 5.35. The average Bonchev–Trinajstić information content (AvgIpc) is 2.51. The number of aromatic nitrogens is 1. The summed E-state index contributed by atoms with van der Waals surface area (Å²) >= 11 is 0. The highest BCUT2D eigenvalue weighted by atomic mass is 16.7. The van der Waals surface area contributed by atoms with Crippen molar-refractivity contribution in [1.29, 1.82) is 0 Å². The van der Waals surface area contributed by atoms with Crippen LogP contribution in [0.2, 0.25) is 0 Å². The molecule has 0 bridgehead atoms. The minimum atomic E-state index is -0.573. The molecule has 76 valence electrons. The van der Waals surface area contributed by atoms with Crippen molar-refractivity contribution >= 4 is 5.69 Å². The summed E-state index contributed by atoms with van der Waals surface area (Å²) in [6, 6.07) is 1.89. The Bertz CT molecular complexity index is 382. The van der Waals surface area contributed by atoms with Crippen LogP contribution in [-0.2, 0) is 9.47 Å². The first-order valence-electron chi connectivity index (χ1n) is 5.02. The number of hydrogen-bond donors (Lipinski definition) is 1. The zero-order chi connectivity index (χ0) is 11.1. The van der Waals surface area contributed by atoms with E-state index in [0.717, 1.165) is 0 Å². The second kappa shape index (κ2) is 3.22. The van der Waals surface area contributed by atoms with Crippen molar-refractivity contribution in [2.24, 2.45) is 0 Å². The molecule has 4 heteroatoms. The summed E-state index contributed by atoms with van der Waals surface area (Å²) in [5.74, 6) is -0.573. The summed E-state index contributed by atoms with van der Waals surface area (Å²) in [6.07, 6.45) is 1.27.